The van der Waals surface area contributed by atoms with Crippen LogP contribution in [0.4, 0.5) is 0 Å². The first-order valence-electron chi connectivity index (χ1n) is 10.3. The summed E-state index contributed by atoms with van der Waals surface area (Å²) in [7, 11) is 0. The van der Waals surface area contributed by atoms with Gasteiger partial charge in [-0.3, -0.25) is 9.59 Å². The normalized spacial score (nSPS) is 16.0. The second-order valence-electron chi connectivity index (χ2n) is 7.60. The second kappa shape index (κ2) is 10.3. The highest BCUT2D eigenvalue weighted by molar-refractivity contribution is 5.83. The fourth-order valence-corrected chi connectivity index (χ4v) is 3.56. The van der Waals surface area contributed by atoms with E-state index in [4.69, 9.17) is 9.15 Å². The number of hydrogen-bond donors (Lipinski definition) is 0. The Morgan fingerprint density at radius 1 is 1.10 bits per heavy atom. The molecule has 1 aliphatic rings. The van der Waals surface area contributed by atoms with Gasteiger partial charge >= 0.3 is 0 Å². The van der Waals surface area contributed by atoms with Crippen molar-refractivity contribution in [3.8, 4) is 0 Å². The lowest BCUT2D eigenvalue weighted by molar-refractivity contribution is -0.141. The zero-order valence-electron chi connectivity index (χ0n) is 17.3. The van der Waals surface area contributed by atoms with Gasteiger partial charge in [-0.1, -0.05) is 30.3 Å². The molecule has 0 saturated carbocycles. The number of furan rings is 1. The molecule has 1 atom stereocenters. The van der Waals surface area contributed by atoms with E-state index in [1.165, 1.54) is 12.5 Å². The second-order valence-corrected chi connectivity index (χ2v) is 7.60. The van der Waals surface area contributed by atoms with Gasteiger partial charge in [0.05, 0.1) is 19.2 Å². The maximum absolute atomic E-state index is 13.1. The third-order valence-electron chi connectivity index (χ3n) is 5.23. The lowest BCUT2D eigenvalue weighted by Gasteiger charge is -2.28. The third kappa shape index (κ3) is 6.46. The van der Waals surface area contributed by atoms with Crippen LogP contribution in [0.3, 0.4) is 0 Å². The molecule has 0 bridgehead atoms. The first-order chi connectivity index (χ1) is 14.0. The van der Waals surface area contributed by atoms with E-state index >= 15 is 0 Å². The number of benzene rings is 1. The van der Waals surface area contributed by atoms with Crippen LogP contribution in [-0.4, -0.2) is 54.0 Å². The number of amides is 2. The number of hydrogen-bond acceptors (Lipinski definition) is 4. The van der Waals surface area contributed by atoms with Crippen molar-refractivity contribution in [2.24, 2.45) is 0 Å². The average Bonchev–Trinajstić information content (AvgIpc) is 3.36. The van der Waals surface area contributed by atoms with Crippen molar-refractivity contribution >= 4 is 11.8 Å². The average molecular weight is 399 g/mol. The molecule has 29 heavy (non-hydrogen) atoms. The van der Waals surface area contributed by atoms with Gasteiger partial charge in [0.25, 0.3) is 0 Å². The van der Waals surface area contributed by atoms with E-state index in [0.29, 0.717) is 19.6 Å². The standard InChI is InChI=1S/C23H30N2O4/c1-18-10-11-22(29-18)16-24(13-12-20-7-4-3-5-8-20)23(27)17-25(19(2)26)15-21-9-6-14-28-21/h3-5,7-8,10-11,21H,6,9,12-17H2,1-2H3. The summed E-state index contributed by atoms with van der Waals surface area (Å²) in [6.45, 7) is 5.60. The monoisotopic (exact) mass is 398 g/mol. The Hall–Kier alpha value is -2.60. The molecule has 1 unspecified atom stereocenters. The molecule has 1 aliphatic heterocycles. The first-order valence-corrected chi connectivity index (χ1v) is 10.3. The van der Waals surface area contributed by atoms with E-state index in [0.717, 1.165) is 37.4 Å². The molecule has 1 aromatic heterocycles. The summed E-state index contributed by atoms with van der Waals surface area (Å²) in [6.07, 6.45) is 2.71. The van der Waals surface area contributed by atoms with Crippen LogP contribution in [0, 0.1) is 6.92 Å². The molecule has 156 valence electrons. The molecule has 3 rings (SSSR count). The number of ether oxygens (including phenoxy) is 1. The van der Waals surface area contributed by atoms with Gasteiger partial charge in [-0.2, -0.15) is 0 Å². The van der Waals surface area contributed by atoms with E-state index in [2.05, 4.69) is 12.1 Å². The van der Waals surface area contributed by atoms with Crippen LogP contribution in [0.2, 0.25) is 0 Å². The molecule has 6 nitrogen and oxygen atoms in total. The van der Waals surface area contributed by atoms with Crippen molar-refractivity contribution in [2.45, 2.75) is 45.8 Å². The molecule has 1 aromatic carbocycles. The topological polar surface area (TPSA) is 63.0 Å². The van der Waals surface area contributed by atoms with E-state index in [1.807, 2.05) is 37.3 Å². The van der Waals surface area contributed by atoms with Gasteiger partial charge in [-0.15, -0.1) is 0 Å². The number of carbonyl (C=O) groups excluding carboxylic acids is 2. The van der Waals surface area contributed by atoms with Crippen molar-refractivity contribution in [3.05, 3.63) is 59.5 Å². The van der Waals surface area contributed by atoms with Gasteiger partial charge in [0.2, 0.25) is 11.8 Å². The molecule has 2 heterocycles. The first kappa shape index (κ1) is 21.1. The van der Waals surface area contributed by atoms with Crippen LogP contribution >= 0.6 is 0 Å². The van der Waals surface area contributed by atoms with Crippen molar-refractivity contribution in [1.82, 2.24) is 9.80 Å². The molecule has 6 heteroatoms. The highest BCUT2D eigenvalue weighted by atomic mass is 16.5. The highest BCUT2D eigenvalue weighted by Crippen LogP contribution is 2.15. The molecule has 0 radical (unpaired) electrons. The third-order valence-corrected chi connectivity index (χ3v) is 5.23. The predicted molar refractivity (Wildman–Crippen MR) is 110 cm³/mol. The number of aryl methyl sites for hydroxylation is 1. The smallest absolute Gasteiger partial charge is 0.242 e. The summed E-state index contributed by atoms with van der Waals surface area (Å²) in [6, 6.07) is 13.9. The van der Waals surface area contributed by atoms with Crippen molar-refractivity contribution in [3.63, 3.8) is 0 Å². The Labute approximate surface area is 172 Å². The van der Waals surface area contributed by atoms with Crippen LogP contribution in [0.25, 0.3) is 0 Å². The zero-order chi connectivity index (χ0) is 20.6. The molecular weight excluding hydrogens is 368 g/mol. The van der Waals surface area contributed by atoms with Crippen LogP contribution in [0.15, 0.2) is 46.9 Å². The van der Waals surface area contributed by atoms with Gasteiger partial charge in [0.1, 0.15) is 11.5 Å². The Morgan fingerprint density at radius 2 is 1.90 bits per heavy atom. The van der Waals surface area contributed by atoms with Gasteiger partial charge < -0.3 is 19.0 Å². The summed E-state index contributed by atoms with van der Waals surface area (Å²) in [4.78, 5) is 28.6. The summed E-state index contributed by atoms with van der Waals surface area (Å²) >= 11 is 0. The largest absolute Gasteiger partial charge is 0.464 e. The maximum Gasteiger partial charge on any atom is 0.242 e. The molecule has 0 N–H and O–H groups in total. The molecule has 1 saturated heterocycles. The minimum Gasteiger partial charge on any atom is -0.464 e. The molecular formula is C23H30N2O4. The van der Waals surface area contributed by atoms with Crippen LogP contribution in [-0.2, 0) is 27.3 Å². The van der Waals surface area contributed by atoms with Crippen LogP contribution in [0.5, 0.6) is 0 Å². The van der Waals surface area contributed by atoms with E-state index in [1.54, 1.807) is 9.80 Å². The van der Waals surface area contributed by atoms with Crippen LogP contribution in [0.1, 0.15) is 36.8 Å². The minimum atomic E-state index is -0.106. The van der Waals surface area contributed by atoms with Gasteiger partial charge in [-0.05, 0) is 43.9 Å². The maximum atomic E-state index is 13.1. The highest BCUT2D eigenvalue weighted by Gasteiger charge is 2.25. The van der Waals surface area contributed by atoms with Crippen molar-refractivity contribution < 1.29 is 18.7 Å². The number of nitrogens with zero attached hydrogens (tertiary/aromatic N) is 2. The number of rotatable bonds is 9. The number of carbonyl (C=O) groups is 2. The lowest BCUT2D eigenvalue weighted by Crippen LogP contribution is -2.45. The van der Waals surface area contributed by atoms with Crippen molar-refractivity contribution in [2.75, 3.05) is 26.2 Å². The summed E-state index contributed by atoms with van der Waals surface area (Å²) < 4.78 is 11.3. The Bertz CT molecular complexity index is 796. The van der Waals surface area contributed by atoms with Gasteiger partial charge in [0, 0.05) is 26.6 Å². The molecule has 0 spiro atoms. The molecule has 2 amide bonds. The predicted octanol–water partition coefficient (Wildman–Crippen LogP) is 3.19. The summed E-state index contributed by atoms with van der Waals surface area (Å²) in [5, 5.41) is 0. The lowest BCUT2D eigenvalue weighted by atomic mass is 10.1. The fraction of sp³-hybridized carbons (Fsp3) is 0.478. The van der Waals surface area contributed by atoms with Gasteiger partial charge in [0.15, 0.2) is 0 Å². The summed E-state index contributed by atoms with van der Waals surface area (Å²) in [5.41, 5.74) is 1.17. The quantitative estimate of drug-likeness (QED) is 0.651. The Morgan fingerprint density at radius 3 is 2.52 bits per heavy atom. The van der Waals surface area contributed by atoms with E-state index in [-0.39, 0.29) is 24.5 Å². The van der Waals surface area contributed by atoms with Gasteiger partial charge in [-0.25, -0.2) is 0 Å². The molecule has 0 aliphatic carbocycles. The van der Waals surface area contributed by atoms with E-state index < -0.39 is 0 Å². The minimum absolute atomic E-state index is 0.0252. The Kier molecular flexibility index (Phi) is 7.47. The fourth-order valence-electron chi connectivity index (χ4n) is 3.56. The van der Waals surface area contributed by atoms with Crippen LogP contribution < -0.4 is 0 Å². The Balaban J connectivity index is 1.66. The zero-order valence-corrected chi connectivity index (χ0v) is 17.3. The molecule has 1 fully saturated rings. The SMILES string of the molecule is CC(=O)N(CC(=O)N(CCc1ccccc1)Cc1ccc(C)o1)CC1CCCO1. The molecule has 2 aromatic rings. The summed E-state index contributed by atoms with van der Waals surface area (Å²) in [5.74, 6) is 1.38. The van der Waals surface area contributed by atoms with E-state index in [9.17, 15) is 9.59 Å². The van der Waals surface area contributed by atoms with Crippen molar-refractivity contribution in [1.29, 1.82) is 0 Å².